The van der Waals surface area contributed by atoms with E-state index in [2.05, 4.69) is 10.3 Å². The molecule has 2 aromatic rings. The van der Waals surface area contributed by atoms with E-state index in [9.17, 15) is 14.4 Å². The van der Waals surface area contributed by atoms with Crippen molar-refractivity contribution < 1.29 is 19.1 Å². The molecule has 3 rings (SSSR count). The minimum absolute atomic E-state index is 0.0242. The van der Waals surface area contributed by atoms with Crippen LogP contribution in [0.5, 0.6) is 5.75 Å². The van der Waals surface area contributed by atoms with Crippen LogP contribution in [0.4, 0.5) is 11.5 Å². The van der Waals surface area contributed by atoms with Gasteiger partial charge in [0, 0.05) is 12.0 Å². The largest absolute Gasteiger partial charge is 0.479 e. The smallest absolute Gasteiger partial charge is 0.268 e. The zero-order chi connectivity index (χ0) is 20.3. The fourth-order valence-electron chi connectivity index (χ4n) is 2.92. The summed E-state index contributed by atoms with van der Waals surface area (Å²) >= 11 is 5.83. The van der Waals surface area contributed by atoms with Crippen LogP contribution in [-0.2, 0) is 9.59 Å². The highest BCUT2D eigenvalue weighted by molar-refractivity contribution is 6.29. The quantitative estimate of drug-likeness (QED) is 0.591. The van der Waals surface area contributed by atoms with E-state index in [0.29, 0.717) is 29.2 Å². The van der Waals surface area contributed by atoms with Crippen molar-refractivity contribution in [3.63, 3.8) is 0 Å². The average molecular weight is 402 g/mol. The van der Waals surface area contributed by atoms with Crippen molar-refractivity contribution in [1.82, 2.24) is 4.98 Å². The van der Waals surface area contributed by atoms with Gasteiger partial charge in [-0.15, -0.1) is 0 Å². The summed E-state index contributed by atoms with van der Waals surface area (Å²) in [5, 5.41) is 2.87. The summed E-state index contributed by atoms with van der Waals surface area (Å²) in [6, 6.07) is 9.78. The second-order valence-electron chi connectivity index (χ2n) is 6.43. The van der Waals surface area contributed by atoms with Crippen LogP contribution in [0.15, 0.2) is 36.4 Å². The normalized spacial score (nSPS) is 15.6. The number of Topliss-reactive ketones (excluding diaryl/α,β-unsaturated/α-hetero) is 1. The Hall–Kier alpha value is -2.93. The summed E-state index contributed by atoms with van der Waals surface area (Å²) < 4.78 is 5.62. The summed E-state index contributed by atoms with van der Waals surface area (Å²) in [6.45, 7) is 3.30. The van der Waals surface area contributed by atoms with Gasteiger partial charge >= 0.3 is 0 Å². The summed E-state index contributed by atoms with van der Waals surface area (Å²) in [5.41, 5.74) is 0.882. The lowest BCUT2D eigenvalue weighted by Crippen LogP contribution is -2.47. The first kappa shape index (κ1) is 19.8. The number of ether oxygens (including phenoxy) is 1. The van der Waals surface area contributed by atoms with Gasteiger partial charge in [0.15, 0.2) is 11.9 Å². The number of aromatic nitrogens is 1. The van der Waals surface area contributed by atoms with E-state index in [4.69, 9.17) is 16.3 Å². The Bertz CT molecular complexity index is 931. The number of carbonyl (C=O) groups excluding carboxylic acids is 3. The molecule has 28 heavy (non-hydrogen) atoms. The number of nitrogens with one attached hydrogen (secondary N) is 1. The number of rotatable bonds is 6. The third-order valence-electron chi connectivity index (χ3n) is 4.25. The van der Waals surface area contributed by atoms with Crippen molar-refractivity contribution in [3.05, 3.63) is 47.1 Å². The van der Waals surface area contributed by atoms with Gasteiger partial charge in [0.2, 0.25) is 5.91 Å². The van der Waals surface area contributed by atoms with Crippen molar-refractivity contribution in [1.29, 1.82) is 0 Å². The van der Waals surface area contributed by atoms with Crippen molar-refractivity contribution in [2.24, 2.45) is 0 Å². The fourth-order valence-corrected chi connectivity index (χ4v) is 3.08. The summed E-state index contributed by atoms with van der Waals surface area (Å²) in [4.78, 5) is 42.7. The van der Waals surface area contributed by atoms with Gasteiger partial charge in [-0.25, -0.2) is 4.98 Å². The number of hydrogen-bond acceptors (Lipinski definition) is 5. The Morgan fingerprint density at radius 2 is 2.07 bits per heavy atom. The first-order valence-corrected chi connectivity index (χ1v) is 9.34. The maximum Gasteiger partial charge on any atom is 0.268 e. The van der Waals surface area contributed by atoms with Gasteiger partial charge in [-0.1, -0.05) is 24.6 Å². The second kappa shape index (κ2) is 8.39. The first-order valence-electron chi connectivity index (χ1n) is 8.96. The SMILES string of the molecule is CCCC(=O)c1ccc2c(c1)N(CC(=O)Nc1cccc(Cl)n1)C(=O)C(C)O2. The molecule has 0 spiro atoms. The zero-order valence-corrected chi connectivity index (χ0v) is 16.3. The number of nitrogens with zero attached hydrogens (tertiary/aromatic N) is 2. The van der Waals surface area contributed by atoms with E-state index in [1.54, 1.807) is 43.3 Å². The van der Waals surface area contributed by atoms with E-state index >= 15 is 0 Å². The Kier molecular flexibility index (Phi) is 5.94. The molecule has 0 bridgehead atoms. The molecule has 2 amide bonds. The van der Waals surface area contributed by atoms with Gasteiger partial charge < -0.3 is 10.1 Å². The molecule has 1 aliphatic heterocycles. The molecule has 8 heteroatoms. The van der Waals surface area contributed by atoms with Crippen LogP contribution < -0.4 is 15.0 Å². The van der Waals surface area contributed by atoms with Gasteiger partial charge in [-0.2, -0.15) is 0 Å². The molecule has 7 nitrogen and oxygen atoms in total. The predicted octanol–water partition coefficient (Wildman–Crippen LogP) is 3.47. The highest BCUT2D eigenvalue weighted by Crippen LogP contribution is 2.35. The lowest BCUT2D eigenvalue weighted by Gasteiger charge is -2.32. The maximum atomic E-state index is 12.6. The van der Waals surface area contributed by atoms with Crippen LogP contribution >= 0.6 is 11.6 Å². The monoisotopic (exact) mass is 401 g/mol. The third kappa shape index (κ3) is 4.31. The Morgan fingerprint density at radius 1 is 1.29 bits per heavy atom. The van der Waals surface area contributed by atoms with Crippen LogP contribution in [0.1, 0.15) is 37.0 Å². The van der Waals surface area contributed by atoms with E-state index in [-0.39, 0.29) is 23.4 Å². The second-order valence-corrected chi connectivity index (χ2v) is 6.82. The first-order chi connectivity index (χ1) is 13.4. The van der Waals surface area contributed by atoms with Crippen LogP contribution in [-0.4, -0.2) is 35.2 Å². The number of fused-ring (bicyclic) bond motifs is 1. The molecule has 0 saturated heterocycles. The molecular formula is C20H20ClN3O4. The molecule has 1 aliphatic rings. The van der Waals surface area contributed by atoms with Crippen molar-refractivity contribution in [3.8, 4) is 5.75 Å². The topological polar surface area (TPSA) is 88.6 Å². The van der Waals surface area contributed by atoms with Gasteiger partial charge in [-0.3, -0.25) is 19.3 Å². The molecule has 146 valence electrons. The van der Waals surface area contributed by atoms with E-state index in [1.807, 2.05) is 6.92 Å². The molecule has 0 fully saturated rings. The highest BCUT2D eigenvalue weighted by atomic mass is 35.5. The number of pyridine rings is 1. The molecular weight excluding hydrogens is 382 g/mol. The van der Waals surface area contributed by atoms with Crippen molar-refractivity contribution in [2.75, 3.05) is 16.8 Å². The number of benzene rings is 1. The average Bonchev–Trinajstić information content (AvgIpc) is 2.65. The molecule has 2 heterocycles. The predicted molar refractivity (Wildman–Crippen MR) is 106 cm³/mol. The van der Waals surface area contributed by atoms with Crippen molar-refractivity contribution in [2.45, 2.75) is 32.8 Å². The van der Waals surface area contributed by atoms with Gasteiger partial charge in [-0.05, 0) is 43.7 Å². The Labute approximate surface area is 167 Å². The third-order valence-corrected chi connectivity index (χ3v) is 4.46. The summed E-state index contributed by atoms with van der Waals surface area (Å²) in [6.07, 6.45) is 0.397. The number of anilines is 2. The van der Waals surface area contributed by atoms with Crippen LogP contribution in [0.25, 0.3) is 0 Å². The molecule has 1 N–H and O–H groups in total. The van der Waals surface area contributed by atoms with Crippen LogP contribution in [0.2, 0.25) is 5.15 Å². The minimum Gasteiger partial charge on any atom is -0.479 e. The zero-order valence-electron chi connectivity index (χ0n) is 15.6. The number of ketones is 1. The van der Waals surface area contributed by atoms with Crippen molar-refractivity contribution >= 4 is 40.7 Å². The lowest BCUT2D eigenvalue weighted by molar-refractivity contribution is -0.127. The van der Waals surface area contributed by atoms with Gasteiger partial charge in [0.25, 0.3) is 5.91 Å². The molecule has 0 aliphatic carbocycles. The number of halogens is 1. The fraction of sp³-hybridized carbons (Fsp3) is 0.300. The molecule has 1 unspecified atom stereocenters. The van der Waals surface area contributed by atoms with Crippen LogP contribution in [0, 0.1) is 0 Å². The molecule has 0 radical (unpaired) electrons. The Morgan fingerprint density at radius 3 is 2.79 bits per heavy atom. The lowest BCUT2D eigenvalue weighted by atomic mass is 10.0. The molecule has 0 saturated carbocycles. The standard InChI is InChI=1S/C20H20ClN3O4/c1-3-5-15(25)13-8-9-16-14(10-13)24(20(27)12(2)28-16)11-19(26)23-18-7-4-6-17(21)22-18/h4,6-10,12H,3,5,11H2,1-2H3,(H,22,23,26). The van der Waals surface area contributed by atoms with E-state index in [0.717, 1.165) is 6.42 Å². The highest BCUT2D eigenvalue weighted by Gasteiger charge is 2.33. The molecule has 1 aromatic carbocycles. The van der Waals surface area contributed by atoms with Gasteiger partial charge in [0.1, 0.15) is 23.3 Å². The Balaban J connectivity index is 1.85. The number of carbonyl (C=O) groups is 3. The summed E-state index contributed by atoms with van der Waals surface area (Å²) in [5.74, 6) is -0.0775. The number of amides is 2. The van der Waals surface area contributed by atoms with E-state index < -0.39 is 12.0 Å². The summed E-state index contributed by atoms with van der Waals surface area (Å²) in [7, 11) is 0. The molecule has 1 atom stereocenters. The minimum atomic E-state index is -0.734. The van der Waals surface area contributed by atoms with E-state index in [1.165, 1.54) is 4.90 Å². The van der Waals surface area contributed by atoms with Crippen LogP contribution in [0.3, 0.4) is 0 Å². The molecule has 1 aromatic heterocycles. The maximum absolute atomic E-state index is 12.6. The number of hydrogen-bond donors (Lipinski definition) is 1. The van der Waals surface area contributed by atoms with Gasteiger partial charge in [0.05, 0.1) is 5.69 Å².